The van der Waals surface area contributed by atoms with Gasteiger partial charge in [-0.05, 0) is 37.1 Å². The van der Waals surface area contributed by atoms with E-state index in [0.29, 0.717) is 21.7 Å². The van der Waals surface area contributed by atoms with Crippen molar-refractivity contribution in [3.05, 3.63) is 59.1 Å². The van der Waals surface area contributed by atoms with Crippen LogP contribution in [0.25, 0.3) is 0 Å². The van der Waals surface area contributed by atoms with E-state index in [9.17, 15) is 9.59 Å². The normalized spacial score (nSPS) is 18.5. The third-order valence-electron chi connectivity index (χ3n) is 4.91. The number of anilines is 1. The van der Waals surface area contributed by atoms with Gasteiger partial charge < -0.3 is 5.32 Å². The maximum atomic E-state index is 13.1. The van der Waals surface area contributed by atoms with Crippen molar-refractivity contribution in [3.63, 3.8) is 0 Å². The van der Waals surface area contributed by atoms with E-state index < -0.39 is 11.3 Å². The number of nitrogens with zero attached hydrogens (tertiary/aromatic N) is 3. The molecule has 2 atom stereocenters. The largest absolute Gasteiger partial charge is 0.324 e. The minimum Gasteiger partial charge on any atom is -0.324 e. The second-order valence-electron chi connectivity index (χ2n) is 7.46. The molecule has 154 valence electrons. The summed E-state index contributed by atoms with van der Waals surface area (Å²) in [5, 5.41) is 3.26. The zero-order chi connectivity index (χ0) is 21.4. The number of hydrogen-bond acceptors (Lipinski definition) is 5. The topological polar surface area (TPSA) is 74.1 Å². The van der Waals surface area contributed by atoms with Gasteiger partial charge in [0.1, 0.15) is 11.9 Å². The van der Waals surface area contributed by atoms with Crippen molar-refractivity contribution < 1.29 is 9.59 Å². The molecule has 2 aliphatic heterocycles. The first-order valence-corrected chi connectivity index (χ1v) is 10.9. The third kappa shape index (κ3) is 3.75. The number of nitrogens with one attached hydrogen (secondary N) is 1. The van der Waals surface area contributed by atoms with E-state index in [1.54, 1.807) is 36.1 Å². The van der Waals surface area contributed by atoms with E-state index in [1.165, 1.54) is 11.8 Å². The van der Waals surface area contributed by atoms with Gasteiger partial charge in [-0.3, -0.25) is 14.6 Å². The number of carbonyl (C=O) groups excluding carboxylic acids is 2. The molecule has 0 aromatic heterocycles. The van der Waals surface area contributed by atoms with Crippen LogP contribution in [0.5, 0.6) is 0 Å². The van der Waals surface area contributed by atoms with Gasteiger partial charge in [0.05, 0.1) is 21.6 Å². The average molecular weight is 441 g/mol. The number of rotatable bonds is 4. The number of aliphatic imine (C=N–C) groups is 2. The Hall–Kier alpha value is -2.64. The van der Waals surface area contributed by atoms with Crippen LogP contribution in [0.1, 0.15) is 26.3 Å². The maximum Gasteiger partial charge on any atom is 0.259 e. The molecule has 2 aliphatic rings. The van der Waals surface area contributed by atoms with Crippen molar-refractivity contribution in [3.8, 4) is 0 Å². The first-order chi connectivity index (χ1) is 14.4. The number of amides is 2. The molecule has 0 radical (unpaired) electrons. The first kappa shape index (κ1) is 20.6. The lowest BCUT2D eigenvalue weighted by molar-refractivity contribution is -0.125. The summed E-state index contributed by atoms with van der Waals surface area (Å²) in [5.74, 6) is 0.333. The lowest BCUT2D eigenvalue weighted by atomic mass is 10.1. The van der Waals surface area contributed by atoms with E-state index in [-0.39, 0.29) is 17.7 Å². The third-order valence-corrected chi connectivity index (χ3v) is 6.30. The molecular weight excluding hydrogens is 420 g/mol. The van der Waals surface area contributed by atoms with Crippen LogP contribution in [-0.2, 0) is 9.59 Å². The van der Waals surface area contributed by atoms with Crippen molar-refractivity contribution in [2.24, 2.45) is 15.9 Å². The van der Waals surface area contributed by atoms with Gasteiger partial charge in [-0.2, -0.15) is 0 Å². The van der Waals surface area contributed by atoms with Gasteiger partial charge in [-0.15, -0.1) is 0 Å². The van der Waals surface area contributed by atoms with Gasteiger partial charge in [0.15, 0.2) is 5.17 Å². The number of benzene rings is 2. The molecule has 0 saturated heterocycles. The second-order valence-corrected chi connectivity index (χ2v) is 9.17. The summed E-state index contributed by atoms with van der Waals surface area (Å²) in [7, 11) is 0. The Morgan fingerprint density at radius 1 is 1.13 bits per heavy atom. The molecule has 8 heteroatoms. The number of fused-ring (bicyclic) bond motifs is 3. The summed E-state index contributed by atoms with van der Waals surface area (Å²) >= 11 is 7.38. The van der Waals surface area contributed by atoms with Crippen LogP contribution in [-0.4, -0.2) is 39.0 Å². The van der Waals surface area contributed by atoms with Crippen molar-refractivity contribution in [2.45, 2.75) is 32.1 Å². The summed E-state index contributed by atoms with van der Waals surface area (Å²) in [4.78, 5) is 36.8. The summed E-state index contributed by atoms with van der Waals surface area (Å²) in [6.45, 7) is 5.72. The molecule has 6 nitrogen and oxygen atoms in total. The molecular formula is C22H21ClN4O2S. The Morgan fingerprint density at radius 3 is 2.57 bits per heavy atom. The molecule has 2 heterocycles. The summed E-state index contributed by atoms with van der Waals surface area (Å²) < 4.78 is 0. The predicted octanol–water partition coefficient (Wildman–Crippen LogP) is 4.71. The van der Waals surface area contributed by atoms with Gasteiger partial charge in [0.2, 0.25) is 5.91 Å². The fourth-order valence-corrected chi connectivity index (χ4v) is 4.39. The summed E-state index contributed by atoms with van der Waals surface area (Å²) in [6, 6.07) is 14.2. The van der Waals surface area contributed by atoms with E-state index in [0.717, 1.165) is 11.3 Å². The number of thioether (sulfide) groups is 1. The quantitative estimate of drug-likeness (QED) is 0.747. The molecule has 4 rings (SSSR count). The molecule has 0 aliphatic carbocycles. The van der Waals surface area contributed by atoms with E-state index in [2.05, 4.69) is 10.3 Å². The highest BCUT2D eigenvalue weighted by atomic mass is 35.5. The smallest absolute Gasteiger partial charge is 0.259 e. The first-order valence-electron chi connectivity index (χ1n) is 9.68. The van der Waals surface area contributed by atoms with Gasteiger partial charge in [-0.1, -0.05) is 61.5 Å². The van der Waals surface area contributed by atoms with Crippen molar-refractivity contribution in [1.82, 2.24) is 4.90 Å². The lowest BCUT2D eigenvalue weighted by Gasteiger charge is -2.27. The van der Waals surface area contributed by atoms with Crippen LogP contribution in [0.15, 0.2) is 58.5 Å². The van der Waals surface area contributed by atoms with Crippen molar-refractivity contribution >= 4 is 57.6 Å². The van der Waals surface area contributed by atoms with Crippen molar-refractivity contribution in [2.75, 3.05) is 5.32 Å². The van der Waals surface area contributed by atoms with Gasteiger partial charge in [0.25, 0.3) is 5.91 Å². The molecule has 2 aromatic carbocycles. The minimum absolute atomic E-state index is 0.0648. The Kier molecular flexibility index (Phi) is 5.66. The van der Waals surface area contributed by atoms with Gasteiger partial charge in [0, 0.05) is 5.56 Å². The number of carbonyl (C=O) groups is 2. The standard InChI is InChI=1S/C22H21ClN4O2S/c1-12(2)18-21(29)27-19(26-18)14-8-4-6-10-16(14)25-22(27)30-13(3)20(28)24-17-11-7-5-9-15(17)23/h4-13,18H,1-3H3,(H,24,28)/t13-,18-/m1/s1. The highest BCUT2D eigenvalue weighted by Gasteiger charge is 2.43. The zero-order valence-corrected chi connectivity index (χ0v) is 18.4. The highest BCUT2D eigenvalue weighted by Crippen LogP contribution is 2.36. The molecule has 2 amide bonds. The minimum atomic E-state index is -0.502. The fourth-order valence-electron chi connectivity index (χ4n) is 3.29. The molecule has 0 spiro atoms. The molecule has 0 unspecified atom stereocenters. The number of para-hydroxylation sites is 2. The van der Waals surface area contributed by atoms with Crippen LogP contribution < -0.4 is 5.32 Å². The molecule has 30 heavy (non-hydrogen) atoms. The molecule has 0 fully saturated rings. The van der Waals surface area contributed by atoms with E-state index in [1.807, 2.05) is 38.1 Å². The van der Waals surface area contributed by atoms with Crippen LogP contribution in [0.4, 0.5) is 11.4 Å². The van der Waals surface area contributed by atoms with Crippen molar-refractivity contribution in [1.29, 1.82) is 0 Å². The van der Waals surface area contributed by atoms with Crippen LogP contribution in [0, 0.1) is 5.92 Å². The Labute approximate surface area is 184 Å². The van der Waals surface area contributed by atoms with Crippen LogP contribution in [0.3, 0.4) is 0 Å². The van der Waals surface area contributed by atoms with Crippen LogP contribution in [0.2, 0.25) is 5.02 Å². The van der Waals surface area contributed by atoms with E-state index in [4.69, 9.17) is 16.6 Å². The molecule has 1 N–H and O–H groups in total. The zero-order valence-electron chi connectivity index (χ0n) is 16.8. The lowest BCUT2D eigenvalue weighted by Crippen LogP contribution is -2.43. The number of amidine groups is 2. The van der Waals surface area contributed by atoms with Crippen LogP contribution >= 0.6 is 23.4 Å². The number of hydrogen-bond donors (Lipinski definition) is 1. The molecule has 2 aromatic rings. The summed E-state index contributed by atoms with van der Waals surface area (Å²) in [5.41, 5.74) is 2.12. The fraction of sp³-hybridized carbons (Fsp3) is 0.273. The Balaban J connectivity index is 1.61. The highest BCUT2D eigenvalue weighted by molar-refractivity contribution is 8.15. The molecule has 0 bridgehead atoms. The van der Waals surface area contributed by atoms with Gasteiger partial charge >= 0.3 is 0 Å². The van der Waals surface area contributed by atoms with E-state index >= 15 is 0 Å². The SMILES string of the molecule is CC(C)[C@H]1N=C2c3ccccc3N=C(S[C@H](C)C(=O)Nc3ccccc3Cl)N2C1=O. The average Bonchev–Trinajstić information content (AvgIpc) is 3.08. The monoisotopic (exact) mass is 440 g/mol. The Bertz CT molecular complexity index is 1080. The molecule has 0 saturated carbocycles. The predicted molar refractivity (Wildman–Crippen MR) is 123 cm³/mol. The van der Waals surface area contributed by atoms with Gasteiger partial charge in [-0.25, -0.2) is 9.89 Å². The Morgan fingerprint density at radius 2 is 1.83 bits per heavy atom. The summed E-state index contributed by atoms with van der Waals surface area (Å²) in [6.07, 6.45) is 0. The maximum absolute atomic E-state index is 13.1. The number of halogens is 1. The second kappa shape index (κ2) is 8.24.